The van der Waals surface area contributed by atoms with Crippen molar-refractivity contribution in [2.75, 3.05) is 7.11 Å². The highest BCUT2D eigenvalue weighted by Crippen LogP contribution is 2.26. The first-order chi connectivity index (χ1) is 11.4. The molecular formula is C16H16N2O5S. The van der Waals surface area contributed by atoms with Crippen molar-refractivity contribution in [2.45, 2.75) is 17.9 Å². The minimum atomic E-state index is -3.80. The van der Waals surface area contributed by atoms with Crippen molar-refractivity contribution in [1.82, 2.24) is 9.71 Å². The summed E-state index contributed by atoms with van der Waals surface area (Å²) in [6.07, 6.45) is 0. The molecular weight excluding hydrogens is 332 g/mol. The molecule has 0 unspecified atom stereocenters. The van der Waals surface area contributed by atoms with Crippen LogP contribution in [0.5, 0.6) is 5.75 Å². The average Bonchev–Trinajstić information content (AvgIpc) is 2.93. The van der Waals surface area contributed by atoms with Crippen molar-refractivity contribution in [3.8, 4) is 5.75 Å². The van der Waals surface area contributed by atoms with Gasteiger partial charge in [0.05, 0.1) is 17.5 Å². The number of hydrogen-bond donors (Lipinski definition) is 2. The third-order valence-corrected chi connectivity index (χ3v) is 5.18. The highest BCUT2D eigenvalue weighted by atomic mass is 32.2. The molecule has 8 heteroatoms. The van der Waals surface area contributed by atoms with Gasteiger partial charge in [-0.05, 0) is 25.1 Å². The molecule has 0 spiro atoms. The minimum Gasteiger partial charge on any atom is -0.496 e. The summed E-state index contributed by atoms with van der Waals surface area (Å²) in [5.74, 6) is -0.0327. The van der Waals surface area contributed by atoms with E-state index < -0.39 is 21.8 Å². The Kier molecular flexibility index (Phi) is 4.16. The van der Waals surface area contributed by atoms with Crippen LogP contribution >= 0.6 is 0 Å². The molecule has 0 fully saturated rings. The first-order valence-electron chi connectivity index (χ1n) is 7.19. The molecule has 126 valence electrons. The number of benzene rings is 2. The number of rotatable bonds is 5. The van der Waals surface area contributed by atoms with Gasteiger partial charge in [0.15, 0.2) is 5.58 Å². The highest BCUT2D eigenvalue weighted by Gasteiger charge is 2.21. The molecule has 1 heterocycles. The quantitative estimate of drug-likeness (QED) is 0.736. The molecule has 2 N–H and O–H groups in total. The van der Waals surface area contributed by atoms with Gasteiger partial charge in [0.25, 0.3) is 0 Å². The number of oxazole rings is 1. The number of aromatic nitrogens is 1. The molecule has 0 radical (unpaired) electrons. The van der Waals surface area contributed by atoms with Crippen molar-refractivity contribution in [2.24, 2.45) is 0 Å². The van der Waals surface area contributed by atoms with E-state index in [0.717, 1.165) is 5.56 Å². The fourth-order valence-corrected chi connectivity index (χ4v) is 3.72. The molecule has 7 nitrogen and oxygen atoms in total. The van der Waals surface area contributed by atoms with E-state index in [1.54, 1.807) is 19.1 Å². The molecule has 1 atom stereocenters. The van der Waals surface area contributed by atoms with Crippen LogP contribution in [-0.4, -0.2) is 20.5 Å². The summed E-state index contributed by atoms with van der Waals surface area (Å²) in [6.45, 7) is 1.73. The second-order valence-corrected chi connectivity index (χ2v) is 6.97. The van der Waals surface area contributed by atoms with Crippen LogP contribution in [0.4, 0.5) is 0 Å². The van der Waals surface area contributed by atoms with Crippen molar-refractivity contribution >= 4 is 21.1 Å². The monoisotopic (exact) mass is 348 g/mol. The summed E-state index contributed by atoms with van der Waals surface area (Å²) in [7, 11) is -2.27. The normalized spacial score (nSPS) is 13.1. The van der Waals surface area contributed by atoms with Gasteiger partial charge in [0.1, 0.15) is 5.75 Å². The first kappa shape index (κ1) is 16.3. The van der Waals surface area contributed by atoms with E-state index in [4.69, 9.17) is 9.15 Å². The second-order valence-electron chi connectivity index (χ2n) is 5.26. The maximum Gasteiger partial charge on any atom is 0.417 e. The molecule has 0 saturated carbocycles. The Labute approximate surface area is 138 Å². The van der Waals surface area contributed by atoms with Gasteiger partial charge in [-0.25, -0.2) is 17.9 Å². The number of sulfonamides is 1. The minimum absolute atomic E-state index is 0.0134. The van der Waals surface area contributed by atoms with E-state index >= 15 is 0 Å². The fourth-order valence-electron chi connectivity index (χ4n) is 2.48. The predicted molar refractivity (Wildman–Crippen MR) is 88.6 cm³/mol. The van der Waals surface area contributed by atoms with Gasteiger partial charge >= 0.3 is 5.76 Å². The van der Waals surface area contributed by atoms with Crippen molar-refractivity contribution in [3.63, 3.8) is 0 Å². The van der Waals surface area contributed by atoms with Crippen LogP contribution in [0.3, 0.4) is 0 Å². The number of para-hydroxylation sites is 1. The zero-order valence-electron chi connectivity index (χ0n) is 13.1. The zero-order valence-corrected chi connectivity index (χ0v) is 13.9. The topological polar surface area (TPSA) is 101 Å². The maximum atomic E-state index is 12.6. The molecule has 24 heavy (non-hydrogen) atoms. The standard InChI is InChI=1S/C16H16N2O5S/c1-10(12-5-3-4-6-14(12)22-2)18-24(20,21)11-7-8-13-15(9-11)23-16(19)17-13/h3-10,18H,1-2H3,(H,17,19)/t10-/m1/s1. The Bertz CT molecular complexity index is 1040. The van der Waals surface area contributed by atoms with Gasteiger partial charge in [-0.3, -0.25) is 4.98 Å². The average molecular weight is 348 g/mol. The van der Waals surface area contributed by atoms with Crippen molar-refractivity contribution in [1.29, 1.82) is 0 Å². The van der Waals surface area contributed by atoms with E-state index in [1.165, 1.54) is 25.3 Å². The zero-order chi connectivity index (χ0) is 17.3. The Morgan fingerprint density at radius 2 is 1.96 bits per heavy atom. The SMILES string of the molecule is COc1ccccc1[C@@H](C)NS(=O)(=O)c1ccc2[nH]c(=O)oc2c1. The van der Waals surface area contributed by atoms with Crippen LogP contribution in [0.15, 0.2) is 56.6 Å². The number of fused-ring (bicyclic) bond motifs is 1. The van der Waals surface area contributed by atoms with Gasteiger partial charge in [-0.2, -0.15) is 0 Å². The van der Waals surface area contributed by atoms with Crippen LogP contribution in [-0.2, 0) is 10.0 Å². The molecule has 0 aliphatic rings. The van der Waals surface area contributed by atoms with Crippen molar-refractivity contribution < 1.29 is 17.6 Å². The molecule has 0 saturated heterocycles. The van der Waals surface area contributed by atoms with E-state index in [9.17, 15) is 13.2 Å². The number of aromatic amines is 1. The second kappa shape index (κ2) is 6.14. The molecule has 0 aliphatic carbocycles. The van der Waals surface area contributed by atoms with E-state index in [-0.39, 0.29) is 10.5 Å². The van der Waals surface area contributed by atoms with Gasteiger partial charge in [0.2, 0.25) is 10.0 Å². The highest BCUT2D eigenvalue weighted by molar-refractivity contribution is 7.89. The lowest BCUT2D eigenvalue weighted by Gasteiger charge is -2.17. The summed E-state index contributed by atoms with van der Waals surface area (Å²) in [5, 5.41) is 0. The molecule has 0 aliphatic heterocycles. The number of ether oxygens (including phenoxy) is 1. The lowest BCUT2D eigenvalue weighted by molar-refractivity contribution is 0.405. The van der Waals surface area contributed by atoms with Gasteiger partial charge in [-0.15, -0.1) is 0 Å². The molecule has 1 aromatic heterocycles. The Morgan fingerprint density at radius 1 is 1.21 bits per heavy atom. The number of methoxy groups -OCH3 is 1. The van der Waals surface area contributed by atoms with Crippen molar-refractivity contribution in [3.05, 3.63) is 58.6 Å². The largest absolute Gasteiger partial charge is 0.496 e. The van der Waals surface area contributed by atoms with Crippen LogP contribution < -0.4 is 15.2 Å². The van der Waals surface area contributed by atoms with E-state index in [2.05, 4.69) is 9.71 Å². The molecule has 0 amide bonds. The molecule has 0 bridgehead atoms. The smallest absolute Gasteiger partial charge is 0.417 e. The number of nitrogens with one attached hydrogen (secondary N) is 2. The Morgan fingerprint density at radius 3 is 2.71 bits per heavy atom. The Hall–Kier alpha value is -2.58. The van der Waals surface area contributed by atoms with Crippen LogP contribution in [0.25, 0.3) is 11.1 Å². The Balaban J connectivity index is 1.93. The summed E-state index contributed by atoms with van der Waals surface area (Å²) in [6, 6.07) is 10.9. The summed E-state index contributed by atoms with van der Waals surface area (Å²) >= 11 is 0. The summed E-state index contributed by atoms with van der Waals surface area (Å²) in [5.41, 5.74) is 1.35. The lowest BCUT2D eigenvalue weighted by atomic mass is 10.1. The predicted octanol–water partition coefficient (Wildman–Crippen LogP) is 2.17. The summed E-state index contributed by atoms with van der Waals surface area (Å²) < 4.78 is 37.9. The molecule has 2 aromatic carbocycles. The van der Waals surface area contributed by atoms with Crippen LogP contribution in [0.1, 0.15) is 18.5 Å². The maximum absolute atomic E-state index is 12.6. The lowest BCUT2D eigenvalue weighted by Crippen LogP contribution is -2.27. The van der Waals surface area contributed by atoms with Gasteiger partial charge < -0.3 is 9.15 Å². The number of H-pyrrole nitrogens is 1. The van der Waals surface area contributed by atoms with Gasteiger partial charge in [0, 0.05) is 17.7 Å². The first-order valence-corrected chi connectivity index (χ1v) is 8.67. The van der Waals surface area contributed by atoms with E-state index in [1.807, 2.05) is 12.1 Å². The summed E-state index contributed by atoms with van der Waals surface area (Å²) in [4.78, 5) is 13.7. The third-order valence-electron chi connectivity index (χ3n) is 3.64. The van der Waals surface area contributed by atoms with E-state index in [0.29, 0.717) is 11.3 Å². The fraction of sp³-hybridized carbons (Fsp3) is 0.188. The van der Waals surface area contributed by atoms with Crippen LogP contribution in [0.2, 0.25) is 0 Å². The third kappa shape index (κ3) is 3.06. The van der Waals surface area contributed by atoms with Gasteiger partial charge in [-0.1, -0.05) is 18.2 Å². The molecule has 3 aromatic rings. The number of hydrogen-bond acceptors (Lipinski definition) is 5. The molecule has 3 rings (SSSR count). The van der Waals surface area contributed by atoms with Crippen LogP contribution in [0, 0.1) is 0 Å².